The second-order valence-corrected chi connectivity index (χ2v) is 6.21. The first-order valence-corrected chi connectivity index (χ1v) is 8.31. The number of fused-ring (bicyclic) bond motifs is 1. The lowest BCUT2D eigenvalue weighted by atomic mass is 10.1. The number of anilines is 2. The van der Waals surface area contributed by atoms with Gasteiger partial charge < -0.3 is 10.2 Å². The maximum Gasteiger partial charge on any atom is 0.416 e. The summed E-state index contributed by atoms with van der Waals surface area (Å²) < 4.78 is 37.6. The van der Waals surface area contributed by atoms with E-state index in [4.69, 9.17) is 0 Å². The van der Waals surface area contributed by atoms with Crippen LogP contribution in [0, 0.1) is 0 Å². The summed E-state index contributed by atoms with van der Waals surface area (Å²) in [6.07, 6.45) is -0.955. The van der Waals surface area contributed by atoms with E-state index in [0.29, 0.717) is 17.8 Å². The summed E-state index contributed by atoms with van der Waals surface area (Å²) in [5.41, 5.74) is 2.18. The van der Waals surface area contributed by atoms with Crippen LogP contribution in [0.1, 0.15) is 23.6 Å². The molecule has 7 heteroatoms. The molecule has 3 rings (SSSR count). The molecule has 0 aliphatic carbocycles. The van der Waals surface area contributed by atoms with Crippen LogP contribution in [0.4, 0.5) is 24.5 Å². The molecule has 0 atom stereocenters. The Bertz CT molecular complexity index is 902. The highest BCUT2D eigenvalue weighted by atomic mass is 19.4. The molecule has 2 aromatic carbocycles. The number of alkyl halides is 3. The quantitative estimate of drug-likeness (QED) is 0.816. The van der Waals surface area contributed by atoms with Crippen LogP contribution < -0.4 is 10.2 Å². The first-order chi connectivity index (χ1) is 12.7. The van der Waals surface area contributed by atoms with Crippen molar-refractivity contribution in [1.29, 1.82) is 0 Å². The minimum Gasteiger partial charge on any atom is -0.323 e. The zero-order chi connectivity index (χ0) is 19.6. The van der Waals surface area contributed by atoms with E-state index in [0.717, 1.165) is 29.8 Å². The zero-order valence-electron chi connectivity index (χ0n) is 14.5. The topological polar surface area (TPSA) is 49.4 Å². The second kappa shape index (κ2) is 7.26. The minimum atomic E-state index is -4.38. The molecule has 0 spiro atoms. The van der Waals surface area contributed by atoms with Crippen molar-refractivity contribution < 1.29 is 22.8 Å². The fourth-order valence-corrected chi connectivity index (χ4v) is 2.95. The van der Waals surface area contributed by atoms with Gasteiger partial charge in [0.15, 0.2) is 0 Å². The van der Waals surface area contributed by atoms with Gasteiger partial charge in [-0.1, -0.05) is 12.1 Å². The van der Waals surface area contributed by atoms with Crippen molar-refractivity contribution >= 4 is 29.3 Å². The third-order valence-corrected chi connectivity index (χ3v) is 4.29. The SMILES string of the molecule is CC(=O)N1CCc2cc(NC(=O)/C=C/c3ccc(C(F)(F)F)cc3)ccc21. The maximum absolute atomic E-state index is 12.5. The molecule has 27 heavy (non-hydrogen) atoms. The number of carbonyl (C=O) groups is 2. The molecule has 1 heterocycles. The number of benzene rings is 2. The van der Waals surface area contributed by atoms with Gasteiger partial charge in [0.1, 0.15) is 0 Å². The highest BCUT2D eigenvalue weighted by Gasteiger charge is 2.29. The first kappa shape index (κ1) is 18.7. The summed E-state index contributed by atoms with van der Waals surface area (Å²) in [5.74, 6) is -0.415. The van der Waals surface area contributed by atoms with Crippen LogP contribution in [0.5, 0.6) is 0 Å². The molecule has 0 saturated heterocycles. The predicted molar refractivity (Wildman–Crippen MR) is 97.3 cm³/mol. The fraction of sp³-hybridized carbons (Fsp3) is 0.200. The summed E-state index contributed by atoms with van der Waals surface area (Å²) in [7, 11) is 0. The molecule has 140 valence electrons. The van der Waals surface area contributed by atoms with E-state index in [-0.39, 0.29) is 5.91 Å². The van der Waals surface area contributed by atoms with Crippen LogP contribution >= 0.6 is 0 Å². The molecule has 1 aliphatic heterocycles. The van der Waals surface area contributed by atoms with Gasteiger partial charge in [-0.25, -0.2) is 0 Å². The standard InChI is InChI=1S/C20H17F3N2O2/c1-13(26)25-11-10-15-12-17(7-8-18(15)25)24-19(27)9-4-14-2-5-16(6-3-14)20(21,22)23/h2-9,12H,10-11H2,1H3,(H,24,27)/b9-4+. The molecule has 2 amide bonds. The van der Waals surface area contributed by atoms with Crippen molar-refractivity contribution in [2.24, 2.45) is 0 Å². The molecule has 0 unspecified atom stereocenters. The predicted octanol–water partition coefficient (Wildman–Crippen LogP) is 4.27. The third-order valence-electron chi connectivity index (χ3n) is 4.29. The normalized spacial score (nSPS) is 13.7. The van der Waals surface area contributed by atoms with E-state index in [1.54, 1.807) is 17.0 Å². The highest BCUT2D eigenvalue weighted by molar-refractivity contribution is 6.02. The molecular weight excluding hydrogens is 357 g/mol. The van der Waals surface area contributed by atoms with Crippen LogP contribution in [0.25, 0.3) is 6.08 Å². The van der Waals surface area contributed by atoms with Crippen LogP contribution in [-0.2, 0) is 22.2 Å². The number of hydrogen-bond donors (Lipinski definition) is 1. The van der Waals surface area contributed by atoms with Crippen molar-refractivity contribution in [3.05, 3.63) is 65.2 Å². The van der Waals surface area contributed by atoms with Gasteiger partial charge >= 0.3 is 6.18 Å². The van der Waals surface area contributed by atoms with Crippen molar-refractivity contribution in [3.63, 3.8) is 0 Å². The van der Waals surface area contributed by atoms with Gasteiger partial charge in [-0.3, -0.25) is 9.59 Å². The lowest BCUT2D eigenvalue weighted by Gasteiger charge is -2.14. The van der Waals surface area contributed by atoms with E-state index >= 15 is 0 Å². The Morgan fingerprint density at radius 2 is 1.81 bits per heavy atom. The molecule has 0 bridgehead atoms. The van der Waals surface area contributed by atoms with Crippen LogP contribution in [0.3, 0.4) is 0 Å². The Hall–Kier alpha value is -3.09. The van der Waals surface area contributed by atoms with E-state index in [1.807, 2.05) is 6.07 Å². The number of amides is 2. The van der Waals surface area contributed by atoms with E-state index < -0.39 is 17.6 Å². The Kier molecular flexibility index (Phi) is 5.03. The van der Waals surface area contributed by atoms with Gasteiger partial charge in [0.05, 0.1) is 5.56 Å². The van der Waals surface area contributed by atoms with E-state index in [2.05, 4.69) is 5.32 Å². The van der Waals surface area contributed by atoms with Crippen LogP contribution in [-0.4, -0.2) is 18.4 Å². The van der Waals surface area contributed by atoms with Gasteiger partial charge in [-0.05, 0) is 54.0 Å². The summed E-state index contributed by atoms with van der Waals surface area (Å²) in [6, 6.07) is 9.87. The number of halogens is 3. The first-order valence-electron chi connectivity index (χ1n) is 8.31. The molecule has 0 saturated carbocycles. The lowest BCUT2D eigenvalue weighted by molar-refractivity contribution is -0.137. The summed E-state index contributed by atoms with van der Waals surface area (Å²) in [4.78, 5) is 25.3. The average molecular weight is 374 g/mol. The molecular formula is C20H17F3N2O2. The number of carbonyl (C=O) groups excluding carboxylic acids is 2. The Morgan fingerprint density at radius 3 is 2.44 bits per heavy atom. The number of rotatable bonds is 3. The van der Waals surface area contributed by atoms with E-state index in [9.17, 15) is 22.8 Å². The zero-order valence-corrected chi connectivity index (χ0v) is 14.5. The minimum absolute atomic E-state index is 0.0231. The Balaban J connectivity index is 1.64. The Labute approximate surface area is 154 Å². The van der Waals surface area contributed by atoms with Gasteiger partial charge in [-0.15, -0.1) is 0 Å². The maximum atomic E-state index is 12.5. The fourth-order valence-electron chi connectivity index (χ4n) is 2.95. The smallest absolute Gasteiger partial charge is 0.323 e. The number of hydrogen-bond acceptors (Lipinski definition) is 2. The molecule has 2 aromatic rings. The summed E-state index contributed by atoms with van der Waals surface area (Å²) in [5, 5.41) is 2.71. The molecule has 0 fully saturated rings. The monoisotopic (exact) mass is 374 g/mol. The van der Waals surface area contributed by atoms with Crippen LogP contribution in [0.2, 0.25) is 0 Å². The average Bonchev–Trinajstić information content (AvgIpc) is 3.03. The molecule has 0 aromatic heterocycles. The molecule has 0 radical (unpaired) electrons. The Morgan fingerprint density at radius 1 is 1.11 bits per heavy atom. The van der Waals surface area contributed by atoms with Gasteiger partial charge in [-0.2, -0.15) is 13.2 Å². The van der Waals surface area contributed by atoms with Crippen molar-refractivity contribution in [2.45, 2.75) is 19.5 Å². The van der Waals surface area contributed by atoms with Crippen molar-refractivity contribution in [1.82, 2.24) is 0 Å². The van der Waals surface area contributed by atoms with E-state index in [1.165, 1.54) is 31.2 Å². The largest absolute Gasteiger partial charge is 0.416 e. The number of nitrogens with one attached hydrogen (secondary N) is 1. The lowest BCUT2D eigenvalue weighted by Crippen LogP contribution is -2.25. The molecule has 1 N–H and O–H groups in total. The second-order valence-electron chi connectivity index (χ2n) is 6.21. The third kappa shape index (κ3) is 4.36. The van der Waals surface area contributed by atoms with Gasteiger partial charge in [0.25, 0.3) is 0 Å². The number of nitrogens with zero attached hydrogens (tertiary/aromatic N) is 1. The van der Waals surface area contributed by atoms with Crippen molar-refractivity contribution in [2.75, 3.05) is 16.8 Å². The summed E-state index contributed by atoms with van der Waals surface area (Å²) in [6.45, 7) is 2.13. The summed E-state index contributed by atoms with van der Waals surface area (Å²) >= 11 is 0. The molecule has 4 nitrogen and oxygen atoms in total. The van der Waals surface area contributed by atoms with Gasteiger partial charge in [0, 0.05) is 30.9 Å². The van der Waals surface area contributed by atoms with Gasteiger partial charge in [0.2, 0.25) is 11.8 Å². The highest BCUT2D eigenvalue weighted by Crippen LogP contribution is 2.31. The van der Waals surface area contributed by atoms with Crippen molar-refractivity contribution in [3.8, 4) is 0 Å². The van der Waals surface area contributed by atoms with Crippen LogP contribution in [0.15, 0.2) is 48.5 Å². The molecule has 1 aliphatic rings.